The van der Waals surface area contributed by atoms with Crippen molar-refractivity contribution in [1.82, 2.24) is 24.6 Å². The molecule has 158 valence electrons. The first-order valence-corrected chi connectivity index (χ1v) is 10.6. The Labute approximate surface area is 177 Å². The third-order valence-corrected chi connectivity index (χ3v) is 5.65. The fraction of sp³-hybridized carbons (Fsp3) is 0.435. The van der Waals surface area contributed by atoms with Crippen molar-refractivity contribution in [2.45, 2.75) is 38.8 Å². The molecule has 0 radical (unpaired) electrons. The maximum absolute atomic E-state index is 13.9. The van der Waals surface area contributed by atoms with Crippen LogP contribution < -0.4 is 4.90 Å². The van der Waals surface area contributed by atoms with Crippen LogP contribution in [0.1, 0.15) is 36.9 Å². The summed E-state index contributed by atoms with van der Waals surface area (Å²) in [5, 5.41) is 4.40. The zero-order chi connectivity index (χ0) is 21.1. The van der Waals surface area contributed by atoms with E-state index in [2.05, 4.69) is 28.1 Å². The van der Waals surface area contributed by atoms with E-state index in [0.29, 0.717) is 5.95 Å². The van der Waals surface area contributed by atoms with E-state index in [4.69, 9.17) is 4.98 Å². The topological polar surface area (TPSA) is 50.1 Å². The molecule has 0 saturated carbocycles. The summed E-state index contributed by atoms with van der Waals surface area (Å²) in [7, 11) is 3.89. The van der Waals surface area contributed by atoms with Crippen molar-refractivity contribution in [3.05, 3.63) is 59.9 Å². The van der Waals surface area contributed by atoms with Crippen LogP contribution in [0.3, 0.4) is 0 Å². The lowest BCUT2D eigenvalue weighted by Crippen LogP contribution is -2.34. The summed E-state index contributed by atoms with van der Waals surface area (Å²) in [5.41, 5.74) is 4.00. The van der Waals surface area contributed by atoms with Crippen LogP contribution in [0.15, 0.2) is 42.9 Å². The Balaban J connectivity index is 1.62. The third-order valence-electron chi connectivity index (χ3n) is 5.65. The van der Waals surface area contributed by atoms with Crippen LogP contribution in [0.5, 0.6) is 0 Å². The molecule has 1 fully saturated rings. The van der Waals surface area contributed by atoms with Crippen molar-refractivity contribution in [2.75, 3.05) is 32.1 Å². The van der Waals surface area contributed by atoms with E-state index in [1.807, 2.05) is 42.1 Å². The number of benzene rings is 1. The van der Waals surface area contributed by atoms with Crippen LogP contribution in [0.2, 0.25) is 0 Å². The van der Waals surface area contributed by atoms with E-state index in [9.17, 15) is 4.39 Å². The summed E-state index contributed by atoms with van der Waals surface area (Å²) in [6.07, 6.45) is 8.10. The standard InChI is InChI=1S/C23H29FN6/c1-4-30-15-17(12-26-30)14-29-10-6-8-19(16-29)22-21(13-25-23(27-22)28(2)3)18-7-5-9-20(24)11-18/h5,7,9,11-13,15,19H,4,6,8,10,14,16H2,1-3H3/t19-/m0/s1. The highest BCUT2D eigenvalue weighted by atomic mass is 19.1. The zero-order valence-corrected chi connectivity index (χ0v) is 17.9. The van der Waals surface area contributed by atoms with Gasteiger partial charge in [0, 0.05) is 63.2 Å². The molecule has 0 aliphatic carbocycles. The number of hydrogen-bond acceptors (Lipinski definition) is 5. The number of piperidine rings is 1. The maximum Gasteiger partial charge on any atom is 0.225 e. The lowest BCUT2D eigenvalue weighted by atomic mass is 9.89. The van der Waals surface area contributed by atoms with E-state index in [1.54, 1.807) is 12.1 Å². The number of rotatable bonds is 6. The summed E-state index contributed by atoms with van der Waals surface area (Å²) in [6, 6.07) is 6.71. The van der Waals surface area contributed by atoms with Crippen LogP contribution in [0.4, 0.5) is 10.3 Å². The highest BCUT2D eigenvalue weighted by Crippen LogP contribution is 2.34. The number of nitrogens with zero attached hydrogens (tertiary/aromatic N) is 6. The molecule has 3 aromatic rings. The Morgan fingerprint density at radius 2 is 2.10 bits per heavy atom. The third kappa shape index (κ3) is 4.51. The summed E-state index contributed by atoms with van der Waals surface area (Å²) in [4.78, 5) is 13.8. The second kappa shape index (κ2) is 8.92. The van der Waals surface area contributed by atoms with Gasteiger partial charge in [-0.25, -0.2) is 14.4 Å². The largest absolute Gasteiger partial charge is 0.347 e. The number of aromatic nitrogens is 4. The number of anilines is 1. The van der Waals surface area contributed by atoms with Crippen molar-refractivity contribution in [1.29, 1.82) is 0 Å². The Morgan fingerprint density at radius 3 is 2.83 bits per heavy atom. The molecule has 0 amide bonds. The van der Waals surface area contributed by atoms with Gasteiger partial charge in [-0.05, 0) is 44.0 Å². The van der Waals surface area contributed by atoms with Gasteiger partial charge in [-0.3, -0.25) is 9.58 Å². The van der Waals surface area contributed by atoms with Gasteiger partial charge in [0.05, 0.1) is 11.9 Å². The van der Waals surface area contributed by atoms with Gasteiger partial charge in [-0.15, -0.1) is 0 Å². The molecule has 0 N–H and O–H groups in total. The van der Waals surface area contributed by atoms with Crippen LogP contribution >= 0.6 is 0 Å². The monoisotopic (exact) mass is 408 g/mol. The smallest absolute Gasteiger partial charge is 0.225 e. The highest BCUT2D eigenvalue weighted by Gasteiger charge is 2.26. The molecule has 0 spiro atoms. The molecule has 7 heteroatoms. The van der Waals surface area contributed by atoms with E-state index in [-0.39, 0.29) is 11.7 Å². The summed E-state index contributed by atoms with van der Waals surface area (Å²) >= 11 is 0. The second-order valence-electron chi connectivity index (χ2n) is 8.15. The van der Waals surface area contributed by atoms with Crippen LogP contribution in [-0.4, -0.2) is 51.8 Å². The fourth-order valence-corrected chi connectivity index (χ4v) is 4.13. The molecular weight excluding hydrogens is 379 g/mol. The molecule has 4 rings (SSSR count). The minimum atomic E-state index is -0.242. The molecule has 0 unspecified atom stereocenters. The Morgan fingerprint density at radius 1 is 1.23 bits per heavy atom. The molecule has 1 atom stereocenters. The Hall–Kier alpha value is -2.80. The Bertz CT molecular complexity index is 999. The maximum atomic E-state index is 13.9. The van der Waals surface area contributed by atoms with Gasteiger partial charge in [-0.2, -0.15) is 5.10 Å². The number of likely N-dealkylation sites (tertiary alicyclic amines) is 1. The SMILES string of the molecule is CCn1cc(CN2CCC[C@H](c3nc(N(C)C)ncc3-c3cccc(F)c3)C2)cn1. The predicted molar refractivity (Wildman–Crippen MR) is 117 cm³/mol. The number of hydrogen-bond donors (Lipinski definition) is 0. The molecule has 30 heavy (non-hydrogen) atoms. The zero-order valence-electron chi connectivity index (χ0n) is 17.9. The second-order valence-corrected chi connectivity index (χ2v) is 8.15. The number of halogens is 1. The van der Waals surface area contributed by atoms with Crippen LogP contribution in [0.25, 0.3) is 11.1 Å². The minimum absolute atomic E-state index is 0.242. The van der Waals surface area contributed by atoms with Gasteiger partial charge >= 0.3 is 0 Å². The van der Waals surface area contributed by atoms with Crippen molar-refractivity contribution in [3.63, 3.8) is 0 Å². The first kappa shape index (κ1) is 20.5. The number of aryl methyl sites for hydroxylation is 1. The molecule has 1 aliphatic rings. The normalized spacial score (nSPS) is 17.3. The van der Waals surface area contributed by atoms with Crippen molar-refractivity contribution in [3.8, 4) is 11.1 Å². The summed E-state index contributed by atoms with van der Waals surface area (Å²) in [5.74, 6) is 0.722. The Kier molecular flexibility index (Phi) is 6.08. The minimum Gasteiger partial charge on any atom is -0.347 e. The molecule has 6 nitrogen and oxygen atoms in total. The molecular formula is C23H29FN6. The quantitative estimate of drug-likeness (QED) is 0.618. The average molecular weight is 409 g/mol. The summed E-state index contributed by atoms with van der Waals surface area (Å²) in [6.45, 7) is 5.85. The fourth-order valence-electron chi connectivity index (χ4n) is 4.13. The van der Waals surface area contributed by atoms with Gasteiger partial charge in [-0.1, -0.05) is 12.1 Å². The lowest BCUT2D eigenvalue weighted by Gasteiger charge is -2.33. The van der Waals surface area contributed by atoms with Crippen molar-refractivity contribution < 1.29 is 4.39 Å². The summed E-state index contributed by atoms with van der Waals surface area (Å²) < 4.78 is 15.9. The molecule has 1 saturated heterocycles. The van der Waals surface area contributed by atoms with Gasteiger partial charge in [0.25, 0.3) is 0 Å². The van der Waals surface area contributed by atoms with E-state index in [1.165, 1.54) is 11.6 Å². The predicted octanol–water partition coefficient (Wildman–Crippen LogP) is 3.94. The van der Waals surface area contributed by atoms with E-state index < -0.39 is 0 Å². The highest BCUT2D eigenvalue weighted by molar-refractivity contribution is 5.66. The van der Waals surface area contributed by atoms with Crippen LogP contribution in [-0.2, 0) is 13.1 Å². The van der Waals surface area contributed by atoms with Crippen molar-refractivity contribution in [2.24, 2.45) is 0 Å². The van der Waals surface area contributed by atoms with Gasteiger partial charge in [0.2, 0.25) is 5.95 Å². The van der Waals surface area contributed by atoms with Crippen molar-refractivity contribution >= 4 is 5.95 Å². The first-order chi connectivity index (χ1) is 14.5. The average Bonchev–Trinajstić information content (AvgIpc) is 3.21. The van der Waals surface area contributed by atoms with Gasteiger partial charge in [0.1, 0.15) is 5.82 Å². The molecule has 2 aromatic heterocycles. The first-order valence-electron chi connectivity index (χ1n) is 10.6. The van der Waals surface area contributed by atoms with Gasteiger partial charge in [0.15, 0.2) is 0 Å². The van der Waals surface area contributed by atoms with E-state index in [0.717, 1.165) is 55.8 Å². The molecule has 1 aromatic carbocycles. The molecule has 3 heterocycles. The molecule has 1 aliphatic heterocycles. The molecule has 0 bridgehead atoms. The van der Waals surface area contributed by atoms with Gasteiger partial charge < -0.3 is 4.90 Å². The van der Waals surface area contributed by atoms with E-state index >= 15 is 0 Å². The lowest BCUT2D eigenvalue weighted by molar-refractivity contribution is 0.198. The van der Waals surface area contributed by atoms with Crippen LogP contribution in [0, 0.1) is 5.82 Å².